The number of hydrogen-bond donors (Lipinski definition) is 0. The monoisotopic (exact) mass is 791 g/mol. The van der Waals surface area contributed by atoms with Crippen molar-refractivity contribution >= 4 is 39.0 Å². The molecular weight excluding hydrogens is 751 g/mol. The molecule has 2 nitrogen and oxygen atoms in total. The summed E-state index contributed by atoms with van der Waals surface area (Å²) in [5, 5.41) is 2.26. The van der Waals surface area contributed by atoms with Crippen LogP contribution in [0.1, 0.15) is 0 Å². The van der Waals surface area contributed by atoms with E-state index in [1.54, 1.807) is 0 Å². The Hall–Kier alpha value is -8.20. The van der Waals surface area contributed by atoms with Crippen molar-refractivity contribution in [3.8, 4) is 66.8 Å². The van der Waals surface area contributed by atoms with Crippen LogP contribution >= 0.6 is 0 Å². The highest BCUT2D eigenvalue weighted by molar-refractivity contribution is 6.09. The van der Waals surface area contributed by atoms with Gasteiger partial charge in [0.15, 0.2) is 0 Å². The van der Waals surface area contributed by atoms with Gasteiger partial charge in [-0.05, 0) is 104 Å². The van der Waals surface area contributed by atoms with E-state index in [1.807, 2.05) is 12.1 Å². The van der Waals surface area contributed by atoms with Gasteiger partial charge in [-0.25, -0.2) is 0 Å². The van der Waals surface area contributed by atoms with Crippen molar-refractivity contribution in [2.24, 2.45) is 0 Å². The third-order valence-corrected chi connectivity index (χ3v) is 11.9. The number of anilines is 3. The van der Waals surface area contributed by atoms with Crippen molar-refractivity contribution in [1.82, 2.24) is 0 Å². The van der Waals surface area contributed by atoms with Gasteiger partial charge in [0.05, 0.1) is 0 Å². The van der Waals surface area contributed by atoms with E-state index in [4.69, 9.17) is 4.42 Å². The Morgan fingerprint density at radius 3 is 1.39 bits per heavy atom. The summed E-state index contributed by atoms with van der Waals surface area (Å²) in [6, 6.07) is 89.1. The molecule has 0 unspecified atom stereocenters. The molecule has 292 valence electrons. The van der Waals surface area contributed by atoms with Gasteiger partial charge in [0.25, 0.3) is 0 Å². The summed E-state index contributed by atoms with van der Waals surface area (Å²) in [6.07, 6.45) is 0. The predicted octanol–water partition coefficient (Wildman–Crippen LogP) is 17.1. The second-order valence-corrected chi connectivity index (χ2v) is 15.6. The van der Waals surface area contributed by atoms with Crippen LogP contribution in [-0.2, 0) is 0 Å². The molecule has 0 saturated carbocycles. The highest BCUT2D eigenvalue weighted by atomic mass is 16.3. The maximum absolute atomic E-state index is 6.46. The second-order valence-electron chi connectivity index (χ2n) is 15.6. The molecule has 62 heavy (non-hydrogen) atoms. The van der Waals surface area contributed by atoms with Crippen LogP contribution < -0.4 is 4.90 Å². The number of fused-ring (bicyclic) bond motifs is 3. The Kier molecular flexibility index (Phi) is 9.57. The molecule has 0 aliphatic carbocycles. The van der Waals surface area contributed by atoms with Crippen molar-refractivity contribution < 1.29 is 4.42 Å². The van der Waals surface area contributed by atoms with Crippen LogP contribution in [0.5, 0.6) is 0 Å². The number of hydrogen-bond acceptors (Lipinski definition) is 2. The normalized spacial score (nSPS) is 11.2. The van der Waals surface area contributed by atoms with Gasteiger partial charge >= 0.3 is 0 Å². The average Bonchev–Trinajstić information content (AvgIpc) is 3.74. The molecule has 11 rings (SSSR count). The summed E-state index contributed by atoms with van der Waals surface area (Å²) in [5.74, 6) is 0. The number of rotatable bonds is 9. The lowest BCUT2D eigenvalue weighted by Crippen LogP contribution is -2.10. The minimum Gasteiger partial charge on any atom is -0.455 e. The zero-order chi connectivity index (χ0) is 41.2. The van der Waals surface area contributed by atoms with Gasteiger partial charge in [-0.1, -0.05) is 206 Å². The summed E-state index contributed by atoms with van der Waals surface area (Å²) in [4.78, 5) is 2.36. The fourth-order valence-corrected chi connectivity index (χ4v) is 8.97. The lowest BCUT2D eigenvalue weighted by atomic mass is 9.84. The molecule has 0 saturated heterocycles. The summed E-state index contributed by atoms with van der Waals surface area (Å²) >= 11 is 0. The van der Waals surface area contributed by atoms with Crippen LogP contribution in [0.4, 0.5) is 17.1 Å². The van der Waals surface area contributed by atoms with E-state index >= 15 is 0 Å². The first-order valence-electron chi connectivity index (χ1n) is 21.2. The largest absolute Gasteiger partial charge is 0.455 e. The molecule has 2 heteroatoms. The third kappa shape index (κ3) is 6.84. The van der Waals surface area contributed by atoms with Crippen molar-refractivity contribution in [3.05, 3.63) is 249 Å². The van der Waals surface area contributed by atoms with Gasteiger partial charge < -0.3 is 9.32 Å². The van der Waals surface area contributed by atoms with Crippen LogP contribution in [0.15, 0.2) is 253 Å². The lowest BCUT2D eigenvalue weighted by molar-refractivity contribution is 0.670. The van der Waals surface area contributed by atoms with E-state index in [0.29, 0.717) is 0 Å². The quantitative estimate of drug-likeness (QED) is 0.145. The van der Waals surface area contributed by atoms with Crippen LogP contribution in [0, 0.1) is 0 Å². The predicted molar refractivity (Wildman–Crippen MR) is 261 cm³/mol. The zero-order valence-electron chi connectivity index (χ0n) is 34.0. The lowest BCUT2D eigenvalue weighted by Gasteiger charge is -2.27. The maximum atomic E-state index is 6.46. The molecule has 0 aliphatic heterocycles. The first-order valence-corrected chi connectivity index (χ1v) is 21.2. The molecule has 0 amide bonds. The molecule has 0 aliphatic rings. The highest BCUT2D eigenvalue weighted by Gasteiger charge is 2.20. The van der Waals surface area contributed by atoms with Gasteiger partial charge in [0.2, 0.25) is 0 Å². The van der Waals surface area contributed by atoms with Gasteiger partial charge in [0, 0.05) is 33.4 Å². The van der Waals surface area contributed by atoms with Crippen molar-refractivity contribution in [3.63, 3.8) is 0 Å². The van der Waals surface area contributed by atoms with Crippen LogP contribution in [0.2, 0.25) is 0 Å². The smallest absolute Gasteiger partial charge is 0.143 e. The number of nitrogens with zero attached hydrogens (tertiary/aromatic N) is 1. The topological polar surface area (TPSA) is 16.4 Å². The molecule has 0 atom stereocenters. The molecule has 0 bridgehead atoms. The first-order chi connectivity index (χ1) is 30.8. The van der Waals surface area contributed by atoms with Gasteiger partial charge in [-0.2, -0.15) is 0 Å². The van der Waals surface area contributed by atoms with Crippen LogP contribution in [0.25, 0.3) is 88.7 Å². The zero-order valence-corrected chi connectivity index (χ0v) is 34.0. The molecule has 1 aromatic heterocycles. The first kappa shape index (κ1) is 36.8. The Morgan fingerprint density at radius 1 is 0.258 bits per heavy atom. The SMILES string of the molecule is c1ccc(-c2ccc(N(c3ccc(-c4cccc5c4oc4ccccc45)cc3)c3cccc(-c4cccc(-c5ccccc5)c4-c4ccccc4-c4ccccc4)c3)cc2)cc1. The molecular formula is C60H41NO. The standard InChI is InChI=1S/C60H41NO/c1-4-17-42(18-5-1)43-33-37-48(38-34-43)61(49-39-35-46(36-40-49)54-30-16-31-57-55-26-12-13-32-58(55)62-60(54)57)50-24-14-23-47(41-50)53-29-15-28-52(45-21-8-3-9-22-45)59(53)56-27-11-10-25-51(56)44-19-6-2-7-20-44/h1-41H. The molecule has 0 fully saturated rings. The molecule has 10 aromatic carbocycles. The number of benzene rings is 10. The number of para-hydroxylation sites is 2. The second kappa shape index (κ2) is 16.1. The van der Waals surface area contributed by atoms with E-state index in [9.17, 15) is 0 Å². The fraction of sp³-hybridized carbons (Fsp3) is 0. The van der Waals surface area contributed by atoms with E-state index < -0.39 is 0 Å². The molecule has 11 aromatic rings. The van der Waals surface area contributed by atoms with E-state index in [0.717, 1.165) is 55.7 Å². The molecule has 1 heterocycles. The Balaban J connectivity index is 1.06. The van der Waals surface area contributed by atoms with Crippen LogP contribution in [0.3, 0.4) is 0 Å². The summed E-state index contributed by atoms with van der Waals surface area (Å²) in [5.41, 5.74) is 19.0. The van der Waals surface area contributed by atoms with E-state index in [-0.39, 0.29) is 0 Å². The van der Waals surface area contributed by atoms with Gasteiger partial charge in [-0.3, -0.25) is 0 Å². The minimum absolute atomic E-state index is 0.901. The van der Waals surface area contributed by atoms with Crippen molar-refractivity contribution in [2.45, 2.75) is 0 Å². The van der Waals surface area contributed by atoms with Gasteiger partial charge in [0.1, 0.15) is 11.2 Å². The Labute approximate surface area is 362 Å². The summed E-state index contributed by atoms with van der Waals surface area (Å²) in [6.45, 7) is 0. The van der Waals surface area contributed by atoms with Crippen LogP contribution in [-0.4, -0.2) is 0 Å². The number of furan rings is 1. The minimum atomic E-state index is 0.901. The summed E-state index contributed by atoms with van der Waals surface area (Å²) in [7, 11) is 0. The Bertz CT molecular complexity index is 3310. The Morgan fingerprint density at radius 2 is 0.694 bits per heavy atom. The highest BCUT2D eigenvalue weighted by Crippen LogP contribution is 2.46. The van der Waals surface area contributed by atoms with E-state index in [1.165, 1.54) is 50.1 Å². The van der Waals surface area contributed by atoms with Crippen molar-refractivity contribution in [2.75, 3.05) is 4.90 Å². The average molecular weight is 792 g/mol. The summed E-state index contributed by atoms with van der Waals surface area (Å²) < 4.78 is 6.46. The molecule has 0 spiro atoms. The van der Waals surface area contributed by atoms with Gasteiger partial charge in [-0.15, -0.1) is 0 Å². The van der Waals surface area contributed by atoms with E-state index in [2.05, 4.69) is 241 Å². The molecule has 0 N–H and O–H groups in total. The van der Waals surface area contributed by atoms with Crippen molar-refractivity contribution in [1.29, 1.82) is 0 Å². The fourth-order valence-electron chi connectivity index (χ4n) is 8.97. The third-order valence-electron chi connectivity index (χ3n) is 11.9. The molecule has 0 radical (unpaired) electrons. The maximum Gasteiger partial charge on any atom is 0.143 e.